The monoisotopic (exact) mass is 278 g/mol. The molecule has 0 radical (unpaired) electrons. The van der Waals surface area contributed by atoms with Crippen LogP contribution < -0.4 is 0 Å². The van der Waals surface area contributed by atoms with E-state index in [1.807, 2.05) is 0 Å². The van der Waals surface area contributed by atoms with E-state index in [0.717, 1.165) is 0 Å². The van der Waals surface area contributed by atoms with Gasteiger partial charge in [0.1, 0.15) is 0 Å². The lowest BCUT2D eigenvalue weighted by Gasteiger charge is -2.37. The lowest BCUT2D eigenvalue weighted by Crippen LogP contribution is -2.54. The Morgan fingerprint density at radius 3 is 2.22 bits per heavy atom. The Hall–Kier alpha value is -0.660. The minimum absolute atomic E-state index is 0.193. The highest BCUT2D eigenvalue weighted by molar-refractivity contribution is 7.88. The number of piperazine rings is 1. The average molecular weight is 278 g/mol. The Balaban J connectivity index is 2.60. The Labute approximate surface area is 109 Å². The minimum Gasteiger partial charge on any atom is -0.367 e. The van der Waals surface area contributed by atoms with E-state index in [1.165, 1.54) is 10.6 Å². The maximum absolute atomic E-state index is 11.7. The van der Waals surface area contributed by atoms with Gasteiger partial charge in [-0.2, -0.15) is 4.31 Å². The summed E-state index contributed by atoms with van der Waals surface area (Å²) in [5, 5.41) is 1.54. The predicted molar refractivity (Wildman–Crippen MR) is 68.1 cm³/mol. The van der Waals surface area contributed by atoms with E-state index in [9.17, 15) is 13.2 Å². The Bertz CT molecular complexity index is 413. The molecule has 0 N–H and O–H groups in total. The van der Waals surface area contributed by atoms with E-state index in [1.54, 1.807) is 32.8 Å². The molecule has 1 heterocycles. The van der Waals surface area contributed by atoms with Crippen LogP contribution in [0, 0.1) is 5.41 Å². The van der Waals surface area contributed by atoms with Gasteiger partial charge >= 0.3 is 5.97 Å². The highest BCUT2D eigenvalue weighted by Gasteiger charge is 2.33. The molecule has 1 saturated heterocycles. The largest absolute Gasteiger partial charge is 0.367 e. The van der Waals surface area contributed by atoms with Gasteiger partial charge in [0.2, 0.25) is 10.0 Å². The first-order valence-electron chi connectivity index (χ1n) is 5.96. The number of rotatable bonds is 2. The summed E-state index contributed by atoms with van der Waals surface area (Å²) in [6, 6.07) is -0.193. The van der Waals surface area contributed by atoms with E-state index in [2.05, 4.69) is 0 Å². The van der Waals surface area contributed by atoms with Crippen LogP contribution in [0.3, 0.4) is 0 Å². The Morgan fingerprint density at radius 2 is 1.83 bits per heavy atom. The first-order chi connectivity index (χ1) is 8.01. The number of sulfonamides is 1. The van der Waals surface area contributed by atoms with E-state index < -0.39 is 15.4 Å². The summed E-state index contributed by atoms with van der Waals surface area (Å²) in [5.41, 5.74) is -0.558. The van der Waals surface area contributed by atoms with Gasteiger partial charge in [0.05, 0.1) is 18.2 Å². The molecule has 0 amide bonds. The van der Waals surface area contributed by atoms with Gasteiger partial charge in [-0.05, 0) is 27.7 Å². The van der Waals surface area contributed by atoms with Crippen molar-refractivity contribution >= 4 is 16.0 Å². The second-order valence-corrected chi connectivity index (χ2v) is 7.67. The predicted octanol–water partition coefficient (Wildman–Crippen LogP) is 0.456. The molecule has 0 aromatic carbocycles. The van der Waals surface area contributed by atoms with Crippen LogP contribution in [0.25, 0.3) is 0 Å². The molecule has 1 unspecified atom stereocenters. The molecule has 0 bridgehead atoms. The van der Waals surface area contributed by atoms with E-state index in [0.29, 0.717) is 19.6 Å². The second kappa shape index (κ2) is 5.14. The Morgan fingerprint density at radius 1 is 1.28 bits per heavy atom. The molecule has 1 atom stereocenters. The lowest BCUT2D eigenvalue weighted by atomic mass is 9.98. The van der Waals surface area contributed by atoms with Crippen LogP contribution in [0.4, 0.5) is 0 Å². The van der Waals surface area contributed by atoms with Gasteiger partial charge in [0.25, 0.3) is 0 Å². The molecular formula is C11H22N2O4S. The van der Waals surface area contributed by atoms with Crippen LogP contribution in [-0.4, -0.2) is 55.7 Å². The zero-order valence-electron chi connectivity index (χ0n) is 11.6. The first kappa shape index (κ1) is 15.4. The maximum Gasteiger partial charge on any atom is 0.330 e. The van der Waals surface area contributed by atoms with Crippen molar-refractivity contribution in [3.8, 4) is 0 Å². The third kappa shape index (κ3) is 3.93. The van der Waals surface area contributed by atoms with Crippen LogP contribution in [-0.2, 0) is 19.7 Å². The van der Waals surface area contributed by atoms with Crippen molar-refractivity contribution in [1.82, 2.24) is 9.37 Å². The van der Waals surface area contributed by atoms with Crippen LogP contribution in [0.5, 0.6) is 0 Å². The summed E-state index contributed by atoms with van der Waals surface area (Å²) >= 11 is 0. The van der Waals surface area contributed by atoms with Crippen molar-refractivity contribution in [2.75, 3.05) is 25.9 Å². The molecule has 0 aliphatic carbocycles. The fourth-order valence-corrected chi connectivity index (χ4v) is 2.87. The third-order valence-corrected chi connectivity index (χ3v) is 4.17. The van der Waals surface area contributed by atoms with Gasteiger partial charge < -0.3 is 4.84 Å². The lowest BCUT2D eigenvalue weighted by molar-refractivity contribution is -0.207. The van der Waals surface area contributed by atoms with Crippen LogP contribution in [0.2, 0.25) is 0 Å². The standard InChI is InChI=1S/C11H22N2O4S/c1-9-8-12(17-10(14)11(2,3)4)6-7-13(9)18(5,15)16/h9H,6-8H2,1-5H3. The fraction of sp³-hybridized carbons (Fsp3) is 0.909. The van der Waals surface area contributed by atoms with E-state index in [-0.39, 0.29) is 12.0 Å². The van der Waals surface area contributed by atoms with Gasteiger partial charge in [0.15, 0.2) is 0 Å². The van der Waals surface area contributed by atoms with Gasteiger partial charge in [-0.15, -0.1) is 5.06 Å². The first-order valence-corrected chi connectivity index (χ1v) is 7.81. The number of carbonyl (C=O) groups excluding carboxylic acids is 1. The van der Waals surface area contributed by atoms with Crippen LogP contribution in [0.15, 0.2) is 0 Å². The Kier molecular flexibility index (Phi) is 4.40. The smallest absolute Gasteiger partial charge is 0.330 e. The molecule has 106 valence electrons. The van der Waals surface area contributed by atoms with Gasteiger partial charge in [-0.3, -0.25) is 0 Å². The minimum atomic E-state index is -3.19. The molecule has 0 saturated carbocycles. The number of hydrogen-bond donors (Lipinski definition) is 0. The number of hydrogen-bond acceptors (Lipinski definition) is 5. The third-order valence-electron chi connectivity index (χ3n) is 2.78. The van der Waals surface area contributed by atoms with Crippen molar-refractivity contribution < 1.29 is 18.0 Å². The molecule has 18 heavy (non-hydrogen) atoms. The van der Waals surface area contributed by atoms with Crippen LogP contribution in [0.1, 0.15) is 27.7 Å². The van der Waals surface area contributed by atoms with Gasteiger partial charge in [-0.1, -0.05) is 0 Å². The molecule has 0 aromatic heterocycles. The summed E-state index contributed by atoms with van der Waals surface area (Å²) in [4.78, 5) is 17.0. The van der Waals surface area contributed by atoms with Gasteiger partial charge in [0, 0.05) is 19.1 Å². The second-order valence-electron chi connectivity index (χ2n) is 5.74. The maximum atomic E-state index is 11.7. The summed E-state index contributed by atoms with van der Waals surface area (Å²) in [7, 11) is -3.19. The van der Waals surface area contributed by atoms with E-state index in [4.69, 9.17) is 4.84 Å². The number of carbonyl (C=O) groups is 1. The molecule has 1 aliphatic rings. The summed E-state index contributed by atoms with van der Waals surface area (Å²) in [5.74, 6) is -0.303. The highest BCUT2D eigenvalue weighted by atomic mass is 32.2. The average Bonchev–Trinajstić information content (AvgIpc) is 2.13. The fourth-order valence-electron chi connectivity index (χ4n) is 1.74. The topological polar surface area (TPSA) is 66.9 Å². The number of nitrogens with zero attached hydrogens (tertiary/aromatic N) is 2. The van der Waals surface area contributed by atoms with Crippen molar-refractivity contribution in [1.29, 1.82) is 0 Å². The molecule has 6 nitrogen and oxygen atoms in total. The van der Waals surface area contributed by atoms with Crippen molar-refractivity contribution in [2.24, 2.45) is 5.41 Å². The molecule has 1 fully saturated rings. The summed E-state index contributed by atoms with van der Waals surface area (Å²) < 4.78 is 24.4. The van der Waals surface area contributed by atoms with Crippen molar-refractivity contribution in [3.05, 3.63) is 0 Å². The molecule has 0 aromatic rings. The molecule has 0 spiro atoms. The van der Waals surface area contributed by atoms with Crippen molar-refractivity contribution in [3.63, 3.8) is 0 Å². The zero-order valence-corrected chi connectivity index (χ0v) is 12.5. The highest BCUT2D eigenvalue weighted by Crippen LogP contribution is 2.19. The summed E-state index contributed by atoms with van der Waals surface area (Å²) in [6.07, 6.45) is 1.19. The van der Waals surface area contributed by atoms with E-state index >= 15 is 0 Å². The van der Waals surface area contributed by atoms with Crippen molar-refractivity contribution in [2.45, 2.75) is 33.7 Å². The quantitative estimate of drug-likeness (QED) is 0.734. The molecule has 1 aliphatic heterocycles. The molecule has 7 heteroatoms. The van der Waals surface area contributed by atoms with Crippen LogP contribution >= 0.6 is 0 Å². The normalized spacial score (nSPS) is 23.9. The SMILES string of the molecule is CC1CN(OC(=O)C(C)(C)C)CCN1S(C)(=O)=O. The van der Waals surface area contributed by atoms with Gasteiger partial charge in [-0.25, -0.2) is 13.2 Å². The molecule has 1 rings (SSSR count). The zero-order chi connectivity index (χ0) is 14.1. The summed E-state index contributed by atoms with van der Waals surface area (Å²) in [6.45, 7) is 8.30. The number of hydroxylamine groups is 2. The molecular weight excluding hydrogens is 256 g/mol.